The van der Waals surface area contributed by atoms with Gasteiger partial charge in [-0.25, -0.2) is 9.97 Å². The second-order valence-corrected chi connectivity index (χ2v) is 8.24. The molecule has 4 nitrogen and oxygen atoms in total. The zero-order valence-corrected chi connectivity index (χ0v) is 17.8. The predicted molar refractivity (Wildman–Crippen MR) is 116 cm³/mol. The van der Waals surface area contributed by atoms with E-state index in [1.165, 1.54) is 34.7 Å². The molecule has 1 fully saturated rings. The SMILES string of the molecule is CC1CCc2ncnc(N3CCC4(CC3)CNc3ccc(Cl)cc34)c21.Cl.Cl. The van der Waals surface area contributed by atoms with Crippen LogP contribution in [-0.4, -0.2) is 29.6 Å². The molecule has 3 aliphatic rings. The van der Waals surface area contributed by atoms with Gasteiger partial charge in [0, 0.05) is 47.0 Å². The first kappa shape index (κ1) is 20.5. The van der Waals surface area contributed by atoms with Gasteiger partial charge in [-0.2, -0.15) is 0 Å². The average Bonchev–Trinajstić information content (AvgIpc) is 3.18. The lowest BCUT2D eigenvalue weighted by Gasteiger charge is -2.40. The van der Waals surface area contributed by atoms with Crippen LogP contribution in [0.2, 0.25) is 5.02 Å². The van der Waals surface area contributed by atoms with Crippen molar-refractivity contribution in [2.75, 3.05) is 29.9 Å². The van der Waals surface area contributed by atoms with Gasteiger partial charge < -0.3 is 10.2 Å². The van der Waals surface area contributed by atoms with Gasteiger partial charge in [-0.05, 0) is 55.4 Å². The third-order valence-electron chi connectivity index (χ3n) is 6.44. The number of anilines is 2. The van der Waals surface area contributed by atoms with Crippen molar-refractivity contribution < 1.29 is 0 Å². The number of halogens is 3. The van der Waals surface area contributed by atoms with Crippen molar-refractivity contribution in [1.82, 2.24) is 9.97 Å². The van der Waals surface area contributed by atoms with Crippen molar-refractivity contribution in [1.29, 1.82) is 0 Å². The largest absolute Gasteiger partial charge is 0.384 e. The number of nitrogens with zero attached hydrogens (tertiary/aromatic N) is 3. The number of benzene rings is 1. The Morgan fingerprint density at radius 3 is 2.74 bits per heavy atom. The Labute approximate surface area is 177 Å². The number of nitrogens with one attached hydrogen (secondary N) is 1. The Morgan fingerprint density at radius 1 is 1.19 bits per heavy atom. The number of hydrogen-bond donors (Lipinski definition) is 1. The van der Waals surface area contributed by atoms with Crippen molar-refractivity contribution in [2.24, 2.45) is 0 Å². The molecule has 1 spiro atoms. The molecule has 27 heavy (non-hydrogen) atoms. The van der Waals surface area contributed by atoms with Crippen LogP contribution in [0.3, 0.4) is 0 Å². The molecule has 5 rings (SSSR count). The van der Waals surface area contributed by atoms with Crippen molar-refractivity contribution >= 4 is 47.9 Å². The number of hydrogen-bond acceptors (Lipinski definition) is 4. The number of piperidine rings is 1. The zero-order valence-electron chi connectivity index (χ0n) is 15.4. The lowest BCUT2D eigenvalue weighted by Crippen LogP contribution is -2.44. The third-order valence-corrected chi connectivity index (χ3v) is 6.68. The fourth-order valence-corrected chi connectivity index (χ4v) is 5.11. The third kappa shape index (κ3) is 3.26. The summed E-state index contributed by atoms with van der Waals surface area (Å²) < 4.78 is 0. The lowest BCUT2D eigenvalue weighted by molar-refractivity contribution is 0.360. The first-order valence-corrected chi connectivity index (χ1v) is 9.67. The van der Waals surface area contributed by atoms with Gasteiger partial charge in [0.1, 0.15) is 12.1 Å². The first-order chi connectivity index (χ1) is 12.2. The predicted octanol–water partition coefficient (Wildman–Crippen LogP) is 4.99. The number of aromatic nitrogens is 2. The smallest absolute Gasteiger partial charge is 0.135 e. The summed E-state index contributed by atoms with van der Waals surface area (Å²) in [4.78, 5) is 11.7. The maximum absolute atomic E-state index is 6.28. The number of fused-ring (bicyclic) bond motifs is 3. The summed E-state index contributed by atoms with van der Waals surface area (Å²) in [5.41, 5.74) is 5.54. The van der Waals surface area contributed by atoms with E-state index in [1.54, 1.807) is 6.33 Å². The zero-order chi connectivity index (χ0) is 17.0. The molecule has 0 bridgehead atoms. The Kier molecular flexibility index (Phi) is 5.81. The quantitative estimate of drug-likeness (QED) is 0.696. The minimum Gasteiger partial charge on any atom is -0.384 e. The molecule has 1 aromatic carbocycles. The van der Waals surface area contributed by atoms with Crippen LogP contribution in [0.15, 0.2) is 24.5 Å². The van der Waals surface area contributed by atoms with E-state index >= 15 is 0 Å². The van der Waals surface area contributed by atoms with Gasteiger partial charge in [-0.15, -0.1) is 24.8 Å². The highest BCUT2D eigenvalue weighted by atomic mass is 35.5. The van der Waals surface area contributed by atoms with Gasteiger partial charge in [-0.3, -0.25) is 0 Å². The minimum absolute atomic E-state index is 0. The van der Waals surface area contributed by atoms with Crippen molar-refractivity contribution in [3.8, 4) is 0 Å². The van der Waals surface area contributed by atoms with Gasteiger partial charge in [-0.1, -0.05) is 18.5 Å². The van der Waals surface area contributed by atoms with E-state index in [-0.39, 0.29) is 30.2 Å². The summed E-state index contributed by atoms with van der Waals surface area (Å²) in [6, 6.07) is 6.27. The Hall–Kier alpha value is -1.23. The van der Waals surface area contributed by atoms with E-state index in [0.717, 1.165) is 43.9 Å². The molecule has 1 N–H and O–H groups in total. The van der Waals surface area contributed by atoms with Crippen LogP contribution >= 0.6 is 36.4 Å². The molecule has 1 aliphatic carbocycles. The number of aryl methyl sites for hydroxylation is 1. The summed E-state index contributed by atoms with van der Waals surface area (Å²) in [5.74, 6) is 1.76. The van der Waals surface area contributed by atoms with Crippen molar-refractivity contribution in [3.63, 3.8) is 0 Å². The molecule has 2 aromatic rings. The summed E-state index contributed by atoms with van der Waals surface area (Å²) in [7, 11) is 0. The van der Waals surface area contributed by atoms with Gasteiger partial charge >= 0.3 is 0 Å². The Morgan fingerprint density at radius 2 is 1.96 bits per heavy atom. The van der Waals surface area contributed by atoms with E-state index in [4.69, 9.17) is 11.6 Å². The first-order valence-electron chi connectivity index (χ1n) is 9.29. The van der Waals surface area contributed by atoms with Gasteiger partial charge in [0.05, 0.1) is 0 Å². The van der Waals surface area contributed by atoms with E-state index < -0.39 is 0 Å². The standard InChI is InChI=1S/C20H23ClN4.2ClH/c1-13-2-4-17-18(13)19(24-12-23-17)25-8-6-20(7-9-25)11-22-16-5-3-14(21)10-15(16)20;;/h3,5,10,12-13,22H,2,4,6-9,11H2,1H3;2*1H. The highest BCUT2D eigenvalue weighted by Gasteiger charge is 2.42. The van der Waals surface area contributed by atoms with Crippen LogP contribution in [0.4, 0.5) is 11.5 Å². The van der Waals surface area contributed by atoms with Crippen LogP contribution in [0.5, 0.6) is 0 Å². The topological polar surface area (TPSA) is 41.1 Å². The normalized spacial score (nSPS) is 21.7. The highest BCUT2D eigenvalue weighted by Crippen LogP contribution is 2.46. The Balaban J connectivity index is 0.00000105. The molecule has 7 heteroatoms. The summed E-state index contributed by atoms with van der Waals surface area (Å²) >= 11 is 6.28. The molecule has 1 aromatic heterocycles. The van der Waals surface area contributed by atoms with Crippen molar-refractivity contribution in [3.05, 3.63) is 46.4 Å². The fraction of sp³-hybridized carbons (Fsp3) is 0.500. The Bertz CT molecular complexity index is 834. The summed E-state index contributed by atoms with van der Waals surface area (Å²) in [5, 5.41) is 4.43. The fourth-order valence-electron chi connectivity index (χ4n) is 4.94. The second-order valence-electron chi connectivity index (χ2n) is 7.81. The van der Waals surface area contributed by atoms with E-state index in [0.29, 0.717) is 5.92 Å². The second kappa shape index (κ2) is 7.65. The monoisotopic (exact) mass is 426 g/mol. The van der Waals surface area contributed by atoms with Gasteiger partial charge in [0.2, 0.25) is 0 Å². The van der Waals surface area contributed by atoms with Crippen LogP contribution in [-0.2, 0) is 11.8 Å². The van der Waals surface area contributed by atoms with Crippen LogP contribution < -0.4 is 10.2 Å². The van der Waals surface area contributed by atoms with Gasteiger partial charge in [0.15, 0.2) is 0 Å². The molecule has 0 saturated carbocycles. The molecule has 0 amide bonds. The van der Waals surface area contributed by atoms with Gasteiger partial charge in [0.25, 0.3) is 0 Å². The van der Waals surface area contributed by atoms with Crippen LogP contribution in [0, 0.1) is 0 Å². The summed E-state index contributed by atoms with van der Waals surface area (Å²) in [6.07, 6.45) is 6.33. The molecule has 2 aliphatic heterocycles. The molecule has 1 saturated heterocycles. The van der Waals surface area contributed by atoms with Crippen molar-refractivity contribution in [2.45, 2.75) is 43.9 Å². The molecular weight excluding hydrogens is 403 g/mol. The van der Waals surface area contributed by atoms with Crippen LogP contribution in [0.25, 0.3) is 0 Å². The van der Waals surface area contributed by atoms with E-state index in [1.807, 2.05) is 6.07 Å². The minimum atomic E-state index is 0. The molecular formula is C20H25Cl3N4. The molecule has 3 heterocycles. The molecule has 146 valence electrons. The van der Waals surface area contributed by atoms with Crippen LogP contribution in [0.1, 0.15) is 48.9 Å². The van der Waals surface area contributed by atoms with E-state index in [2.05, 4.69) is 39.2 Å². The molecule has 1 unspecified atom stereocenters. The highest BCUT2D eigenvalue weighted by molar-refractivity contribution is 6.30. The maximum Gasteiger partial charge on any atom is 0.135 e. The van der Waals surface area contributed by atoms with E-state index in [9.17, 15) is 0 Å². The maximum atomic E-state index is 6.28. The average molecular weight is 428 g/mol. The summed E-state index contributed by atoms with van der Waals surface area (Å²) in [6.45, 7) is 5.42. The molecule has 0 radical (unpaired) electrons. The number of rotatable bonds is 1. The lowest BCUT2D eigenvalue weighted by atomic mass is 9.74. The molecule has 1 atom stereocenters.